The van der Waals surface area contributed by atoms with E-state index in [0.717, 1.165) is 12.3 Å². The van der Waals surface area contributed by atoms with Crippen LogP contribution in [0.15, 0.2) is 22.2 Å². The van der Waals surface area contributed by atoms with Gasteiger partial charge in [0.1, 0.15) is 5.82 Å². The van der Waals surface area contributed by atoms with Crippen molar-refractivity contribution >= 4 is 18.0 Å². The van der Waals surface area contributed by atoms with Crippen LogP contribution in [-0.2, 0) is 11.2 Å². The van der Waals surface area contributed by atoms with Crippen LogP contribution < -0.4 is 10.7 Å². The molecule has 0 aliphatic rings. The summed E-state index contributed by atoms with van der Waals surface area (Å²) in [4.78, 5) is 14.8. The summed E-state index contributed by atoms with van der Waals surface area (Å²) in [6.45, 7) is 1.22. The molecule has 2 N–H and O–H groups in total. The number of nitrogens with zero attached hydrogens (tertiary/aromatic N) is 2. The van der Waals surface area contributed by atoms with Gasteiger partial charge < -0.3 is 5.32 Å². The van der Waals surface area contributed by atoms with E-state index in [0.29, 0.717) is 6.07 Å². The monoisotopic (exact) mass is 396 g/mol. The number of alkyl halides is 3. The molecule has 1 aromatic rings. The van der Waals surface area contributed by atoms with Gasteiger partial charge in [0, 0.05) is 25.2 Å². The van der Waals surface area contributed by atoms with Gasteiger partial charge in [0.25, 0.3) is 0 Å². The van der Waals surface area contributed by atoms with Gasteiger partial charge in [0.15, 0.2) is 11.6 Å². The highest BCUT2D eigenvalue weighted by atomic mass is 19.4. The molecule has 150 valence electrons. The van der Waals surface area contributed by atoms with Crippen LogP contribution in [0, 0.1) is 17.5 Å². The molecule has 0 unspecified atom stereocenters. The lowest BCUT2D eigenvalue weighted by Gasteiger charge is -2.08. The average molecular weight is 396 g/mol. The molecular weight excluding hydrogens is 378 g/mol. The first kappa shape index (κ1) is 22.5. The third-order valence-corrected chi connectivity index (χ3v) is 3.18. The molecule has 27 heavy (non-hydrogen) atoms. The number of rotatable bonds is 8. The molecule has 0 saturated carbocycles. The number of halogens is 6. The van der Waals surface area contributed by atoms with Gasteiger partial charge in [0.2, 0.25) is 11.7 Å². The number of carbonyl (C=O) groups excluding carboxylic acids is 1. The Balaban J connectivity index is 2.34. The summed E-state index contributed by atoms with van der Waals surface area (Å²) in [5, 5.41) is 5.69. The van der Waals surface area contributed by atoms with Crippen LogP contribution in [0.25, 0.3) is 0 Å². The van der Waals surface area contributed by atoms with Gasteiger partial charge in [-0.2, -0.15) is 18.3 Å². The number of aliphatic imine (C=N–C) groups is 1. The Kier molecular flexibility index (Phi) is 8.76. The predicted molar refractivity (Wildman–Crippen MR) is 87.9 cm³/mol. The zero-order chi connectivity index (χ0) is 20.4. The van der Waals surface area contributed by atoms with E-state index in [1.807, 2.05) is 0 Å². The lowest BCUT2D eigenvalue weighted by Crippen LogP contribution is -2.35. The molecule has 0 fully saturated rings. The van der Waals surface area contributed by atoms with Crippen molar-refractivity contribution in [3.8, 4) is 0 Å². The van der Waals surface area contributed by atoms with Crippen molar-refractivity contribution in [3.05, 3.63) is 35.1 Å². The van der Waals surface area contributed by atoms with E-state index >= 15 is 0 Å². The topological polar surface area (TPSA) is 65.8 Å². The standard InChI is InChI=1S/C16H18F6N4O/c1-2-23-15(16(20,21)22)26-25-7-6-24-14(27)5-3-4-10-8-12(18)13(19)9-11(10)17/h7-9H,2-6H2,1H3,(H,23,26)(H,24,27)/b25-7+. The fourth-order valence-electron chi connectivity index (χ4n) is 1.94. The SMILES string of the molecule is CCN=C(N/N=C/CNC(=O)CCCc1cc(F)c(F)cc1F)C(F)(F)F. The van der Waals surface area contributed by atoms with Crippen LogP contribution in [0.2, 0.25) is 0 Å². The molecule has 0 aromatic heterocycles. The average Bonchev–Trinajstić information content (AvgIpc) is 2.57. The van der Waals surface area contributed by atoms with Crippen LogP contribution in [0.4, 0.5) is 26.3 Å². The number of nitrogens with one attached hydrogen (secondary N) is 2. The van der Waals surface area contributed by atoms with E-state index < -0.39 is 35.4 Å². The largest absolute Gasteiger partial charge is 0.450 e. The normalized spacial score (nSPS) is 12.5. The van der Waals surface area contributed by atoms with E-state index in [2.05, 4.69) is 15.4 Å². The third-order valence-electron chi connectivity index (χ3n) is 3.18. The van der Waals surface area contributed by atoms with Crippen molar-refractivity contribution in [2.75, 3.05) is 13.1 Å². The Morgan fingerprint density at radius 1 is 1.15 bits per heavy atom. The van der Waals surface area contributed by atoms with E-state index in [-0.39, 0.29) is 37.9 Å². The molecule has 0 aliphatic heterocycles. The summed E-state index contributed by atoms with van der Waals surface area (Å²) >= 11 is 0. The molecule has 11 heteroatoms. The Labute approximate surface area is 151 Å². The summed E-state index contributed by atoms with van der Waals surface area (Å²) in [6.07, 6.45) is -3.49. The van der Waals surface area contributed by atoms with Crippen LogP contribution >= 0.6 is 0 Å². The maximum atomic E-state index is 13.4. The third kappa shape index (κ3) is 8.09. The molecule has 0 atom stereocenters. The number of amides is 1. The lowest BCUT2D eigenvalue weighted by molar-refractivity contribution is -0.120. The second kappa shape index (κ2) is 10.5. The number of hydrogen-bond donors (Lipinski definition) is 2. The zero-order valence-electron chi connectivity index (χ0n) is 14.3. The molecule has 0 radical (unpaired) electrons. The number of hydrogen-bond acceptors (Lipinski definition) is 3. The number of carbonyl (C=O) groups is 1. The summed E-state index contributed by atoms with van der Waals surface area (Å²) in [5.74, 6) is -5.07. The van der Waals surface area contributed by atoms with Crippen molar-refractivity contribution in [3.63, 3.8) is 0 Å². The van der Waals surface area contributed by atoms with Gasteiger partial charge in [-0.05, 0) is 31.4 Å². The second-order valence-corrected chi connectivity index (χ2v) is 5.26. The van der Waals surface area contributed by atoms with Crippen molar-refractivity contribution in [2.45, 2.75) is 32.4 Å². The molecule has 0 aliphatic carbocycles. The molecule has 0 saturated heterocycles. The first-order chi connectivity index (χ1) is 12.6. The van der Waals surface area contributed by atoms with Gasteiger partial charge in [-0.3, -0.25) is 15.2 Å². The second-order valence-electron chi connectivity index (χ2n) is 5.26. The summed E-state index contributed by atoms with van der Waals surface area (Å²) in [7, 11) is 0. The predicted octanol–water partition coefficient (Wildman–Crippen LogP) is 3.10. The highest BCUT2D eigenvalue weighted by Gasteiger charge is 2.35. The minimum atomic E-state index is -4.66. The van der Waals surface area contributed by atoms with Crippen molar-refractivity contribution < 1.29 is 31.1 Å². The zero-order valence-corrected chi connectivity index (χ0v) is 14.3. The van der Waals surface area contributed by atoms with E-state index in [1.54, 1.807) is 5.43 Å². The first-order valence-corrected chi connectivity index (χ1v) is 7.94. The van der Waals surface area contributed by atoms with Crippen LogP contribution in [-0.4, -0.2) is 37.2 Å². The quantitative estimate of drug-likeness (QED) is 0.233. The molecule has 5 nitrogen and oxygen atoms in total. The smallest absolute Gasteiger partial charge is 0.351 e. The van der Waals surface area contributed by atoms with Gasteiger partial charge in [0.05, 0.1) is 6.54 Å². The Morgan fingerprint density at radius 2 is 1.81 bits per heavy atom. The molecule has 1 aromatic carbocycles. The molecule has 0 heterocycles. The number of aryl methyl sites for hydroxylation is 1. The van der Waals surface area contributed by atoms with Crippen molar-refractivity contribution in [2.24, 2.45) is 10.1 Å². The molecule has 0 spiro atoms. The molecule has 0 bridgehead atoms. The van der Waals surface area contributed by atoms with Gasteiger partial charge in [-0.25, -0.2) is 13.2 Å². The van der Waals surface area contributed by atoms with Crippen LogP contribution in [0.1, 0.15) is 25.3 Å². The van der Waals surface area contributed by atoms with E-state index in [4.69, 9.17) is 0 Å². The van der Waals surface area contributed by atoms with Crippen LogP contribution in [0.3, 0.4) is 0 Å². The molecular formula is C16H18F6N4O. The van der Waals surface area contributed by atoms with Crippen molar-refractivity contribution in [1.29, 1.82) is 0 Å². The summed E-state index contributed by atoms with van der Waals surface area (Å²) in [6, 6.07) is 1.17. The fourth-order valence-corrected chi connectivity index (χ4v) is 1.94. The Hall–Kier alpha value is -2.59. The highest BCUT2D eigenvalue weighted by Crippen LogP contribution is 2.16. The Bertz CT molecular complexity index is 703. The van der Waals surface area contributed by atoms with Crippen LogP contribution in [0.5, 0.6) is 0 Å². The number of benzene rings is 1. The maximum Gasteiger partial charge on any atom is 0.450 e. The fraction of sp³-hybridized carbons (Fsp3) is 0.438. The van der Waals surface area contributed by atoms with Gasteiger partial charge in [-0.15, -0.1) is 0 Å². The highest BCUT2D eigenvalue weighted by molar-refractivity contribution is 5.88. The number of amidine groups is 1. The minimum absolute atomic E-state index is 0.0223. The maximum absolute atomic E-state index is 13.4. The van der Waals surface area contributed by atoms with Gasteiger partial charge >= 0.3 is 6.18 Å². The lowest BCUT2D eigenvalue weighted by atomic mass is 10.1. The number of hydrazone groups is 1. The van der Waals surface area contributed by atoms with E-state index in [9.17, 15) is 31.1 Å². The first-order valence-electron chi connectivity index (χ1n) is 7.94. The summed E-state index contributed by atoms with van der Waals surface area (Å²) in [5.41, 5.74) is 1.70. The van der Waals surface area contributed by atoms with Crippen molar-refractivity contribution in [1.82, 2.24) is 10.7 Å². The van der Waals surface area contributed by atoms with Gasteiger partial charge in [-0.1, -0.05) is 0 Å². The van der Waals surface area contributed by atoms with E-state index in [1.165, 1.54) is 6.92 Å². The Morgan fingerprint density at radius 3 is 2.44 bits per heavy atom. The molecule has 1 amide bonds. The minimum Gasteiger partial charge on any atom is -0.351 e. The molecule has 1 rings (SSSR count). The summed E-state index contributed by atoms with van der Waals surface area (Å²) < 4.78 is 76.7.